The van der Waals surface area contributed by atoms with Gasteiger partial charge in [0.1, 0.15) is 5.83 Å². The van der Waals surface area contributed by atoms with Gasteiger partial charge in [-0.2, -0.15) is 0 Å². The normalized spacial score (nSPS) is 22.6. The molecular weight excluding hydrogens is 240 g/mol. The number of alkyl halides is 1. The van der Waals surface area contributed by atoms with Gasteiger partial charge in [-0.15, -0.1) is 0 Å². The van der Waals surface area contributed by atoms with E-state index in [1.54, 1.807) is 13.0 Å². The lowest BCUT2D eigenvalue weighted by molar-refractivity contribution is 0.127. The van der Waals surface area contributed by atoms with Crippen molar-refractivity contribution in [2.24, 2.45) is 5.84 Å². The highest BCUT2D eigenvalue weighted by atomic mass is 19.1. The zero-order valence-electron chi connectivity index (χ0n) is 9.73. The van der Waals surface area contributed by atoms with E-state index in [2.05, 4.69) is 10.4 Å². The maximum absolute atomic E-state index is 13.5. The average molecular weight is 253 g/mol. The van der Waals surface area contributed by atoms with Crippen LogP contribution in [0.15, 0.2) is 36.3 Å². The molecule has 2 unspecified atom stereocenters. The highest BCUT2D eigenvalue weighted by molar-refractivity contribution is 5.49. The molecule has 3 N–H and O–H groups in total. The number of hydrogen-bond donors (Lipinski definition) is 2. The largest absolute Gasteiger partial charge is 0.463 e. The molecule has 0 saturated heterocycles. The van der Waals surface area contributed by atoms with Gasteiger partial charge in [0.25, 0.3) is 0 Å². The first-order valence-corrected chi connectivity index (χ1v) is 5.39. The summed E-state index contributed by atoms with van der Waals surface area (Å²) in [5.74, 6) is 4.75. The number of nitrogens with zero attached hydrogens (tertiary/aromatic N) is 1. The van der Waals surface area contributed by atoms with Gasteiger partial charge in [0.15, 0.2) is 12.3 Å². The second-order valence-electron chi connectivity index (χ2n) is 3.90. The second-order valence-corrected chi connectivity index (χ2v) is 3.90. The molecule has 0 radical (unpaired) electrons. The molecular formula is C12H13F2N3O. The van der Waals surface area contributed by atoms with Gasteiger partial charge in [0.05, 0.1) is 11.9 Å². The fourth-order valence-corrected chi connectivity index (χ4v) is 1.60. The molecule has 2 rings (SSSR count). The van der Waals surface area contributed by atoms with E-state index >= 15 is 0 Å². The number of nitrogens with one attached hydrogen (secondary N) is 1. The van der Waals surface area contributed by atoms with Crippen molar-refractivity contribution in [2.45, 2.75) is 19.2 Å². The molecule has 96 valence electrons. The lowest BCUT2D eigenvalue weighted by Gasteiger charge is -2.21. The molecule has 0 amide bonds. The van der Waals surface area contributed by atoms with E-state index in [9.17, 15) is 8.78 Å². The topological polar surface area (TPSA) is 60.2 Å². The van der Waals surface area contributed by atoms with E-state index in [1.165, 1.54) is 24.4 Å². The van der Waals surface area contributed by atoms with Gasteiger partial charge in [-0.3, -0.25) is 5.84 Å². The number of aromatic nitrogens is 1. The summed E-state index contributed by atoms with van der Waals surface area (Å²) in [6.45, 7) is 1.78. The van der Waals surface area contributed by atoms with Crippen LogP contribution in [-0.2, 0) is 0 Å². The maximum atomic E-state index is 13.5. The Morgan fingerprint density at radius 1 is 1.50 bits per heavy atom. The molecule has 1 aromatic heterocycles. The van der Waals surface area contributed by atoms with E-state index in [0.29, 0.717) is 5.69 Å². The summed E-state index contributed by atoms with van der Waals surface area (Å²) < 4.78 is 32.1. The first-order chi connectivity index (χ1) is 8.61. The quantitative estimate of drug-likeness (QED) is 0.640. The number of aryl methyl sites for hydroxylation is 1. The van der Waals surface area contributed by atoms with E-state index in [-0.39, 0.29) is 5.88 Å². The summed E-state index contributed by atoms with van der Waals surface area (Å²) in [6.07, 6.45) is 2.36. The van der Waals surface area contributed by atoms with Crippen LogP contribution in [0.4, 0.5) is 14.5 Å². The molecule has 1 aliphatic carbocycles. The number of allylic oxidation sites excluding steroid dienone is 2. The zero-order chi connectivity index (χ0) is 13.1. The van der Waals surface area contributed by atoms with Crippen molar-refractivity contribution in [3.8, 4) is 5.88 Å². The molecule has 1 aromatic rings. The van der Waals surface area contributed by atoms with Crippen LogP contribution in [0.3, 0.4) is 0 Å². The van der Waals surface area contributed by atoms with Gasteiger partial charge in [-0.25, -0.2) is 13.8 Å². The van der Waals surface area contributed by atoms with Crippen LogP contribution in [0.5, 0.6) is 5.88 Å². The van der Waals surface area contributed by atoms with Gasteiger partial charge in [0, 0.05) is 6.07 Å². The minimum absolute atomic E-state index is 0.151. The van der Waals surface area contributed by atoms with Crippen LogP contribution < -0.4 is 16.0 Å². The molecule has 1 aliphatic rings. The standard InChI is InChI=1S/C12H13F2N3O/c1-7-5-11(16-6-10(7)17-15)18-12-8(13)3-2-4-9(12)14/h2-6,8,12,17H,15H2,1H3. The molecule has 0 aromatic carbocycles. The van der Waals surface area contributed by atoms with Crippen molar-refractivity contribution >= 4 is 5.69 Å². The number of nitrogen functional groups attached to an aromatic ring is 1. The fourth-order valence-electron chi connectivity index (χ4n) is 1.60. The Bertz CT molecular complexity index is 502. The van der Waals surface area contributed by atoms with E-state index in [0.717, 1.165) is 5.56 Å². The van der Waals surface area contributed by atoms with E-state index in [4.69, 9.17) is 10.6 Å². The van der Waals surface area contributed by atoms with Gasteiger partial charge in [-0.05, 0) is 24.6 Å². The smallest absolute Gasteiger partial charge is 0.214 e. The number of nitrogens with two attached hydrogens (primary N) is 1. The van der Waals surface area contributed by atoms with Gasteiger partial charge < -0.3 is 10.2 Å². The number of ether oxygens (including phenoxy) is 1. The highest BCUT2D eigenvalue weighted by Gasteiger charge is 2.28. The third-order valence-electron chi connectivity index (χ3n) is 2.60. The van der Waals surface area contributed by atoms with Crippen molar-refractivity contribution in [3.63, 3.8) is 0 Å². The number of hydrazine groups is 1. The van der Waals surface area contributed by atoms with Gasteiger partial charge in [0.2, 0.25) is 5.88 Å². The summed E-state index contributed by atoms with van der Waals surface area (Å²) in [6, 6.07) is 1.56. The average Bonchev–Trinajstić information content (AvgIpc) is 2.34. The minimum atomic E-state index is -1.52. The van der Waals surface area contributed by atoms with Gasteiger partial charge in [-0.1, -0.05) is 6.08 Å². The Balaban J connectivity index is 2.17. The highest BCUT2D eigenvalue weighted by Crippen LogP contribution is 2.24. The van der Waals surface area contributed by atoms with E-state index < -0.39 is 18.1 Å². The molecule has 0 saturated carbocycles. The van der Waals surface area contributed by atoms with Crippen molar-refractivity contribution in [1.29, 1.82) is 0 Å². The van der Waals surface area contributed by atoms with Crippen molar-refractivity contribution in [2.75, 3.05) is 5.43 Å². The number of anilines is 1. The number of hydrogen-bond acceptors (Lipinski definition) is 4. The Kier molecular flexibility index (Phi) is 3.57. The summed E-state index contributed by atoms with van der Waals surface area (Å²) >= 11 is 0. The number of rotatable bonds is 3. The minimum Gasteiger partial charge on any atom is -0.463 e. The SMILES string of the molecule is Cc1cc(OC2C(F)=CC=CC2F)ncc1NN. The van der Waals surface area contributed by atoms with E-state index in [1.807, 2.05) is 0 Å². The Morgan fingerprint density at radius 3 is 2.89 bits per heavy atom. The lowest BCUT2D eigenvalue weighted by Crippen LogP contribution is -2.29. The molecule has 1 heterocycles. The van der Waals surface area contributed by atoms with Gasteiger partial charge >= 0.3 is 0 Å². The van der Waals surface area contributed by atoms with Crippen LogP contribution in [0, 0.1) is 6.92 Å². The van der Waals surface area contributed by atoms with Crippen LogP contribution in [-0.4, -0.2) is 17.3 Å². The molecule has 4 nitrogen and oxygen atoms in total. The van der Waals surface area contributed by atoms with Crippen LogP contribution in [0.2, 0.25) is 0 Å². The molecule has 0 bridgehead atoms. The monoisotopic (exact) mass is 253 g/mol. The first kappa shape index (κ1) is 12.5. The predicted octanol–water partition coefficient (Wildman–Crippen LogP) is 2.18. The summed E-state index contributed by atoms with van der Waals surface area (Å²) in [7, 11) is 0. The lowest BCUT2D eigenvalue weighted by atomic mass is 10.1. The summed E-state index contributed by atoms with van der Waals surface area (Å²) in [4.78, 5) is 3.92. The van der Waals surface area contributed by atoms with Crippen molar-refractivity contribution in [3.05, 3.63) is 41.9 Å². The van der Waals surface area contributed by atoms with Crippen LogP contribution >= 0.6 is 0 Å². The summed E-state index contributed by atoms with van der Waals surface area (Å²) in [5.41, 5.74) is 3.85. The molecule has 0 aliphatic heterocycles. The first-order valence-electron chi connectivity index (χ1n) is 5.39. The van der Waals surface area contributed by atoms with Crippen LogP contribution in [0.25, 0.3) is 0 Å². The van der Waals surface area contributed by atoms with Crippen molar-refractivity contribution in [1.82, 2.24) is 4.98 Å². The van der Waals surface area contributed by atoms with Crippen LogP contribution in [0.1, 0.15) is 5.56 Å². The molecule has 6 heteroatoms. The third-order valence-corrected chi connectivity index (χ3v) is 2.60. The zero-order valence-corrected chi connectivity index (χ0v) is 9.73. The Labute approximate surface area is 103 Å². The third kappa shape index (κ3) is 2.48. The fraction of sp³-hybridized carbons (Fsp3) is 0.250. The van der Waals surface area contributed by atoms with Crippen molar-refractivity contribution < 1.29 is 13.5 Å². The summed E-state index contributed by atoms with van der Waals surface area (Å²) in [5, 5.41) is 0. The maximum Gasteiger partial charge on any atom is 0.214 e. The number of halogens is 2. The Morgan fingerprint density at radius 2 is 2.28 bits per heavy atom. The Hall–Kier alpha value is -1.95. The molecule has 0 fully saturated rings. The molecule has 18 heavy (non-hydrogen) atoms. The second kappa shape index (κ2) is 5.14. The molecule has 2 atom stereocenters. The predicted molar refractivity (Wildman–Crippen MR) is 64.4 cm³/mol. The molecule has 0 spiro atoms. The number of pyridine rings is 1.